The topological polar surface area (TPSA) is 66.4 Å². The standard InChI is InChI=1S/C19H20ClNO3S/c20-16-8-10-17(11-9-16)25-13-14-4-6-15(7-5-14)19(24)21-12-2-1-3-18(22)23/h4-11H,1-3,12-13H2,(H,21,24)(H,22,23). The highest BCUT2D eigenvalue weighted by Crippen LogP contribution is 2.24. The molecule has 0 unspecified atom stereocenters. The van der Waals surface area contributed by atoms with Gasteiger partial charge in [-0.15, -0.1) is 11.8 Å². The van der Waals surface area contributed by atoms with Crippen molar-refractivity contribution in [3.63, 3.8) is 0 Å². The molecule has 0 aromatic heterocycles. The summed E-state index contributed by atoms with van der Waals surface area (Å²) in [5.41, 5.74) is 1.75. The number of carboxylic acids is 1. The molecule has 2 rings (SSSR count). The van der Waals surface area contributed by atoms with Crippen LogP contribution in [0.5, 0.6) is 0 Å². The molecule has 132 valence electrons. The molecule has 25 heavy (non-hydrogen) atoms. The molecule has 0 fully saturated rings. The second kappa shape index (κ2) is 10.1. The first kappa shape index (κ1) is 19.3. The van der Waals surface area contributed by atoms with Gasteiger partial charge in [-0.05, 0) is 54.8 Å². The second-order valence-corrected chi connectivity index (χ2v) is 7.03. The molecule has 0 bridgehead atoms. The molecule has 0 saturated heterocycles. The summed E-state index contributed by atoms with van der Waals surface area (Å²) in [6.45, 7) is 0.486. The summed E-state index contributed by atoms with van der Waals surface area (Å²) in [6, 6.07) is 15.2. The smallest absolute Gasteiger partial charge is 0.303 e. The Morgan fingerprint density at radius 2 is 1.68 bits per heavy atom. The molecule has 0 spiro atoms. The van der Waals surface area contributed by atoms with Crippen molar-refractivity contribution in [1.82, 2.24) is 5.32 Å². The van der Waals surface area contributed by atoms with E-state index in [-0.39, 0.29) is 12.3 Å². The van der Waals surface area contributed by atoms with E-state index >= 15 is 0 Å². The fourth-order valence-corrected chi connectivity index (χ4v) is 3.14. The summed E-state index contributed by atoms with van der Waals surface area (Å²) < 4.78 is 0. The molecular weight excluding hydrogens is 358 g/mol. The Morgan fingerprint density at radius 1 is 1.00 bits per heavy atom. The van der Waals surface area contributed by atoms with Crippen molar-refractivity contribution in [1.29, 1.82) is 0 Å². The van der Waals surface area contributed by atoms with Gasteiger partial charge in [-0.25, -0.2) is 0 Å². The summed E-state index contributed by atoms with van der Waals surface area (Å²) >= 11 is 7.58. The Labute approximate surface area is 156 Å². The number of halogens is 1. The van der Waals surface area contributed by atoms with E-state index in [2.05, 4.69) is 5.32 Å². The molecule has 2 aromatic carbocycles. The molecule has 4 nitrogen and oxygen atoms in total. The molecule has 0 aliphatic carbocycles. The van der Waals surface area contributed by atoms with Crippen LogP contribution in [0.3, 0.4) is 0 Å². The van der Waals surface area contributed by atoms with Crippen LogP contribution in [-0.4, -0.2) is 23.5 Å². The zero-order valence-corrected chi connectivity index (χ0v) is 15.3. The van der Waals surface area contributed by atoms with E-state index in [9.17, 15) is 9.59 Å². The Hall–Kier alpha value is -1.98. The van der Waals surface area contributed by atoms with Crippen molar-refractivity contribution < 1.29 is 14.7 Å². The maximum Gasteiger partial charge on any atom is 0.303 e. The van der Waals surface area contributed by atoms with Gasteiger partial charge in [-0.3, -0.25) is 9.59 Å². The summed E-state index contributed by atoms with van der Waals surface area (Å²) in [5.74, 6) is -0.121. The third kappa shape index (κ3) is 7.20. The molecule has 0 atom stereocenters. The first-order valence-corrected chi connectivity index (χ1v) is 9.38. The second-order valence-electron chi connectivity index (χ2n) is 5.55. The zero-order valence-electron chi connectivity index (χ0n) is 13.7. The number of aliphatic carboxylic acids is 1. The summed E-state index contributed by atoms with van der Waals surface area (Å²) in [7, 11) is 0. The van der Waals surface area contributed by atoms with Crippen LogP contribution in [-0.2, 0) is 10.5 Å². The van der Waals surface area contributed by atoms with Crippen molar-refractivity contribution in [2.75, 3.05) is 6.54 Å². The molecule has 0 aliphatic rings. The molecule has 0 heterocycles. The van der Waals surface area contributed by atoms with E-state index < -0.39 is 5.97 Å². The Bertz CT molecular complexity index is 702. The quantitative estimate of drug-likeness (QED) is 0.494. The predicted molar refractivity (Wildman–Crippen MR) is 101 cm³/mol. The van der Waals surface area contributed by atoms with Gasteiger partial charge in [-0.2, -0.15) is 0 Å². The van der Waals surface area contributed by atoms with Crippen LogP contribution in [0.4, 0.5) is 0 Å². The van der Waals surface area contributed by atoms with Crippen molar-refractivity contribution in [3.8, 4) is 0 Å². The number of nitrogens with one attached hydrogen (secondary N) is 1. The third-order valence-corrected chi connectivity index (χ3v) is 4.87. The lowest BCUT2D eigenvalue weighted by Gasteiger charge is -2.06. The number of unbranched alkanes of at least 4 members (excludes halogenated alkanes) is 1. The summed E-state index contributed by atoms with van der Waals surface area (Å²) in [5, 5.41) is 12.1. The highest BCUT2D eigenvalue weighted by atomic mass is 35.5. The van der Waals surface area contributed by atoms with Crippen LogP contribution < -0.4 is 5.32 Å². The first-order valence-electron chi connectivity index (χ1n) is 8.02. The van der Waals surface area contributed by atoms with Gasteiger partial charge in [-0.1, -0.05) is 23.7 Å². The lowest BCUT2D eigenvalue weighted by Crippen LogP contribution is -2.24. The maximum atomic E-state index is 12.0. The van der Waals surface area contributed by atoms with E-state index in [4.69, 9.17) is 16.7 Å². The van der Waals surface area contributed by atoms with Gasteiger partial charge in [0.2, 0.25) is 0 Å². The number of hydrogen-bond donors (Lipinski definition) is 2. The highest BCUT2D eigenvalue weighted by Gasteiger charge is 2.05. The van der Waals surface area contributed by atoms with E-state index in [1.54, 1.807) is 11.8 Å². The van der Waals surface area contributed by atoms with Gasteiger partial charge in [0.1, 0.15) is 0 Å². The molecule has 6 heteroatoms. The number of benzene rings is 2. The minimum atomic E-state index is -0.807. The van der Waals surface area contributed by atoms with Crippen LogP contribution in [0.2, 0.25) is 5.02 Å². The average molecular weight is 378 g/mol. The van der Waals surface area contributed by atoms with Gasteiger partial charge in [0, 0.05) is 34.2 Å². The Morgan fingerprint density at radius 3 is 2.32 bits per heavy atom. The molecule has 2 N–H and O–H groups in total. The molecule has 0 saturated carbocycles. The molecule has 2 aromatic rings. The molecule has 0 aliphatic heterocycles. The summed E-state index contributed by atoms with van der Waals surface area (Å²) in [4.78, 5) is 23.6. The van der Waals surface area contributed by atoms with E-state index in [0.717, 1.165) is 21.2 Å². The van der Waals surface area contributed by atoms with Crippen LogP contribution in [0, 0.1) is 0 Å². The van der Waals surface area contributed by atoms with Gasteiger partial charge < -0.3 is 10.4 Å². The van der Waals surface area contributed by atoms with Crippen LogP contribution in [0.25, 0.3) is 0 Å². The Kier molecular flexibility index (Phi) is 7.82. The van der Waals surface area contributed by atoms with Crippen molar-refractivity contribution >= 4 is 35.2 Å². The SMILES string of the molecule is O=C(O)CCCCNC(=O)c1ccc(CSc2ccc(Cl)cc2)cc1. The number of carbonyl (C=O) groups is 2. The number of rotatable bonds is 9. The Balaban J connectivity index is 1.75. The lowest BCUT2D eigenvalue weighted by molar-refractivity contribution is -0.137. The van der Waals surface area contributed by atoms with Gasteiger partial charge in [0.05, 0.1) is 0 Å². The van der Waals surface area contributed by atoms with Gasteiger partial charge >= 0.3 is 5.97 Å². The number of hydrogen-bond acceptors (Lipinski definition) is 3. The highest BCUT2D eigenvalue weighted by molar-refractivity contribution is 7.98. The largest absolute Gasteiger partial charge is 0.481 e. The third-order valence-electron chi connectivity index (χ3n) is 3.54. The van der Waals surface area contributed by atoms with Crippen molar-refractivity contribution in [3.05, 3.63) is 64.7 Å². The van der Waals surface area contributed by atoms with E-state index in [1.807, 2.05) is 48.5 Å². The van der Waals surface area contributed by atoms with Crippen LogP contribution >= 0.6 is 23.4 Å². The monoisotopic (exact) mass is 377 g/mol. The number of carboxylic acid groups (broad SMARTS) is 1. The van der Waals surface area contributed by atoms with Crippen LogP contribution in [0.15, 0.2) is 53.4 Å². The molecular formula is C19H20ClNO3S. The fourth-order valence-electron chi connectivity index (χ4n) is 2.16. The van der Waals surface area contributed by atoms with E-state index in [1.165, 1.54) is 0 Å². The minimum absolute atomic E-state index is 0.132. The number of amides is 1. The van der Waals surface area contributed by atoms with Gasteiger partial charge in [0.15, 0.2) is 0 Å². The van der Waals surface area contributed by atoms with E-state index in [0.29, 0.717) is 24.9 Å². The lowest BCUT2D eigenvalue weighted by atomic mass is 10.1. The fraction of sp³-hybridized carbons (Fsp3) is 0.263. The van der Waals surface area contributed by atoms with Crippen molar-refractivity contribution in [2.24, 2.45) is 0 Å². The first-order chi connectivity index (χ1) is 12.0. The maximum absolute atomic E-state index is 12.0. The minimum Gasteiger partial charge on any atom is -0.481 e. The summed E-state index contributed by atoms with van der Waals surface area (Å²) in [6.07, 6.45) is 1.36. The number of thioether (sulfide) groups is 1. The van der Waals surface area contributed by atoms with Crippen molar-refractivity contribution in [2.45, 2.75) is 29.9 Å². The molecule has 1 amide bonds. The average Bonchev–Trinajstić information content (AvgIpc) is 2.61. The molecule has 0 radical (unpaired) electrons. The predicted octanol–water partition coefficient (Wildman–Crippen LogP) is 4.62. The zero-order chi connectivity index (χ0) is 18.1. The normalized spacial score (nSPS) is 10.4. The number of carbonyl (C=O) groups excluding carboxylic acids is 1. The van der Waals surface area contributed by atoms with Gasteiger partial charge in [0.25, 0.3) is 5.91 Å². The van der Waals surface area contributed by atoms with Crippen LogP contribution in [0.1, 0.15) is 35.2 Å².